The fraction of sp³-hybridized carbons (Fsp3) is 1.00. The van der Waals surface area contributed by atoms with Crippen molar-refractivity contribution in [2.45, 2.75) is 57.9 Å². The van der Waals surface area contributed by atoms with Crippen molar-refractivity contribution in [2.24, 2.45) is 11.8 Å². The highest BCUT2D eigenvalue weighted by Gasteiger charge is 2.47. The van der Waals surface area contributed by atoms with E-state index in [0.29, 0.717) is 12.8 Å². The maximum atomic E-state index is 12.8. The molecule has 0 aliphatic heterocycles. The summed E-state index contributed by atoms with van der Waals surface area (Å²) in [5, 5.41) is 9.83. The Balaban J connectivity index is 2.58. The molecule has 3 unspecified atom stereocenters. The molecule has 1 rings (SSSR count). The average molecular weight is 254 g/mol. The molecule has 17 heavy (non-hydrogen) atoms. The van der Waals surface area contributed by atoms with Gasteiger partial charge in [-0.1, -0.05) is 12.8 Å². The van der Waals surface area contributed by atoms with E-state index in [0.717, 1.165) is 6.42 Å². The molecule has 102 valence electrons. The second kappa shape index (κ2) is 6.05. The van der Waals surface area contributed by atoms with Gasteiger partial charge in [0.2, 0.25) is 0 Å². The van der Waals surface area contributed by atoms with Gasteiger partial charge in [-0.25, -0.2) is 0 Å². The fourth-order valence-corrected chi connectivity index (χ4v) is 2.44. The Kier molecular flexibility index (Phi) is 5.25. The Morgan fingerprint density at radius 3 is 2.35 bits per heavy atom. The van der Waals surface area contributed by atoms with E-state index in [1.807, 2.05) is 0 Å². The summed E-state index contributed by atoms with van der Waals surface area (Å²) in [6.45, 7) is 3.60. The third-order valence-corrected chi connectivity index (χ3v) is 3.33. The van der Waals surface area contributed by atoms with Gasteiger partial charge in [-0.15, -0.1) is 0 Å². The third kappa shape index (κ3) is 4.47. The van der Waals surface area contributed by atoms with E-state index in [2.05, 4.69) is 0 Å². The summed E-state index contributed by atoms with van der Waals surface area (Å²) < 4.78 is 43.6. The summed E-state index contributed by atoms with van der Waals surface area (Å²) >= 11 is 0. The fourth-order valence-electron chi connectivity index (χ4n) is 2.44. The lowest BCUT2D eigenvalue weighted by Crippen LogP contribution is -2.41. The molecule has 2 nitrogen and oxygen atoms in total. The number of rotatable bonds is 4. The summed E-state index contributed by atoms with van der Waals surface area (Å²) in [7, 11) is 0. The van der Waals surface area contributed by atoms with Crippen LogP contribution in [-0.2, 0) is 4.74 Å². The summed E-state index contributed by atoms with van der Waals surface area (Å²) in [4.78, 5) is 0. The molecule has 0 aromatic heterocycles. The Morgan fingerprint density at radius 1 is 1.24 bits per heavy atom. The summed E-state index contributed by atoms with van der Waals surface area (Å²) in [5.74, 6) is -2.08. The quantitative estimate of drug-likeness (QED) is 0.835. The highest BCUT2D eigenvalue weighted by Crippen LogP contribution is 2.42. The molecule has 0 radical (unpaired) electrons. The first-order valence-corrected chi connectivity index (χ1v) is 6.18. The van der Waals surface area contributed by atoms with Gasteiger partial charge in [0.15, 0.2) is 0 Å². The van der Waals surface area contributed by atoms with Crippen LogP contribution in [0.4, 0.5) is 13.2 Å². The molecule has 1 aliphatic rings. The number of aliphatic hydroxyl groups is 1. The number of hydrogen-bond acceptors (Lipinski definition) is 2. The van der Waals surface area contributed by atoms with Gasteiger partial charge in [-0.05, 0) is 32.6 Å². The van der Waals surface area contributed by atoms with Crippen molar-refractivity contribution in [3.63, 3.8) is 0 Å². The van der Waals surface area contributed by atoms with Crippen molar-refractivity contribution in [2.75, 3.05) is 6.61 Å². The molecule has 0 amide bonds. The third-order valence-electron chi connectivity index (χ3n) is 3.33. The Bertz CT molecular complexity index is 228. The molecule has 5 heteroatoms. The predicted molar refractivity (Wildman–Crippen MR) is 58.6 cm³/mol. The lowest BCUT2D eigenvalue weighted by molar-refractivity contribution is -0.210. The molecule has 1 fully saturated rings. The first-order valence-electron chi connectivity index (χ1n) is 6.18. The molecular formula is C12H21F3O2. The first-order chi connectivity index (χ1) is 7.82. The first kappa shape index (κ1) is 14.8. The van der Waals surface area contributed by atoms with Crippen LogP contribution >= 0.6 is 0 Å². The predicted octanol–water partition coefficient (Wildman–Crippen LogP) is 3.14. The van der Waals surface area contributed by atoms with Crippen LogP contribution < -0.4 is 0 Å². The van der Waals surface area contributed by atoms with Crippen LogP contribution in [-0.4, -0.2) is 30.1 Å². The van der Waals surface area contributed by atoms with Crippen LogP contribution in [0.25, 0.3) is 0 Å². The molecule has 1 N–H and O–H groups in total. The second-order valence-corrected chi connectivity index (χ2v) is 5.05. The zero-order valence-corrected chi connectivity index (χ0v) is 10.3. The molecule has 1 aliphatic carbocycles. The number of hydrogen-bond donors (Lipinski definition) is 1. The van der Waals surface area contributed by atoms with Crippen LogP contribution in [0.2, 0.25) is 0 Å². The van der Waals surface area contributed by atoms with Gasteiger partial charge in [0.25, 0.3) is 0 Å². The van der Waals surface area contributed by atoms with Gasteiger partial charge in [-0.3, -0.25) is 0 Å². The molecule has 0 aromatic carbocycles. The minimum Gasteiger partial charge on any atom is -0.390 e. The van der Waals surface area contributed by atoms with Crippen molar-refractivity contribution >= 4 is 0 Å². The Morgan fingerprint density at radius 2 is 1.82 bits per heavy atom. The Hall–Kier alpha value is -0.290. The highest BCUT2D eigenvalue weighted by molar-refractivity contribution is 4.85. The molecule has 3 atom stereocenters. The van der Waals surface area contributed by atoms with Crippen molar-refractivity contribution in [3.05, 3.63) is 0 Å². The van der Waals surface area contributed by atoms with E-state index in [-0.39, 0.29) is 19.1 Å². The normalized spacial score (nSPS) is 28.4. The van der Waals surface area contributed by atoms with Crippen LogP contribution in [0.3, 0.4) is 0 Å². The van der Waals surface area contributed by atoms with E-state index in [4.69, 9.17) is 4.74 Å². The Labute approximate surface area is 100 Å². The summed E-state index contributed by atoms with van der Waals surface area (Å²) in [6, 6.07) is 0. The zero-order chi connectivity index (χ0) is 13.1. The van der Waals surface area contributed by atoms with E-state index in [9.17, 15) is 18.3 Å². The molecule has 0 aromatic rings. The molecule has 0 bridgehead atoms. The lowest BCUT2D eigenvalue weighted by atomic mass is 9.76. The number of halogens is 3. The van der Waals surface area contributed by atoms with Gasteiger partial charge < -0.3 is 9.84 Å². The highest BCUT2D eigenvalue weighted by atomic mass is 19.4. The van der Waals surface area contributed by atoms with Crippen molar-refractivity contribution in [1.29, 1.82) is 0 Å². The van der Waals surface area contributed by atoms with Crippen LogP contribution in [0.15, 0.2) is 0 Å². The minimum atomic E-state index is -4.20. The second-order valence-electron chi connectivity index (χ2n) is 5.05. The molecular weight excluding hydrogens is 233 g/mol. The van der Waals surface area contributed by atoms with E-state index in [1.165, 1.54) is 0 Å². The van der Waals surface area contributed by atoms with Crippen LogP contribution in [0, 0.1) is 11.8 Å². The van der Waals surface area contributed by atoms with Gasteiger partial charge in [0, 0.05) is 0 Å². The van der Waals surface area contributed by atoms with Gasteiger partial charge in [0.1, 0.15) is 0 Å². The topological polar surface area (TPSA) is 29.5 Å². The monoisotopic (exact) mass is 254 g/mol. The van der Waals surface area contributed by atoms with Crippen molar-refractivity contribution < 1.29 is 23.0 Å². The molecule has 0 saturated heterocycles. The molecule has 1 saturated carbocycles. The standard InChI is InChI=1S/C12H21F3O2/c1-8(2)17-7-11(16)9-5-3-4-6-10(9)12(13,14)15/h8-11,16H,3-7H2,1-2H3. The number of ether oxygens (including phenoxy) is 1. The number of alkyl halides is 3. The van der Waals surface area contributed by atoms with E-state index >= 15 is 0 Å². The van der Waals surface area contributed by atoms with Crippen LogP contribution in [0.5, 0.6) is 0 Å². The van der Waals surface area contributed by atoms with Crippen molar-refractivity contribution in [3.8, 4) is 0 Å². The van der Waals surface area contributed by atoms with E-state index < -0.39 is 24.1 Å². The minimum absolute atomic E-state index is 0.00505. The van der Waals surface area contributed by atoms with Gasteiger partial charge in [0.05, 0.1) is 24.7 Å². The van der Waals surface area contributed by atoms with E-state index in [1.54, 1.807) is 13.8 Å². The maximum Gasteiger partial charge on any atom is 0.392 e. The molecule has 0 spiro atoms. The summed E-state index contributed by atoms with van der Waals surface area (Å²) in [6.07, 6.45) is -3.36. The summed E-state index contributed by atoms with van der Waals surface area (Å²) in [5.41, 5.74) is 0. The zero-order valence-electron chi connectivity index (χ0n) is 10.3. The molecule has 0 heterocycles. The number of aliphatic hydroxyl groups excluding tert-OH is 1. The SMILES string of the molecule is CC(C)OCC(O)C1CCCCC1C(F)(F)F. The van der Waals surface area contributed by atoms with Crippen LogP contribution in [0.1, 0.15) is 39.5 Å². The lowest BCUT2D eigenvalue weighted by Gasteiger charge is -2.36. The average Bonchev–Trinajstić information content (AvgIpc) is 2.24. The van der Waals surface area contributed by atoms with Gasteiger partial charge >= 0.3 is 6.18 Å². The van der Waals surface area contributed by atoms with Gasteiger partial charge in [-0.2, -0.15) is 13.2 Å². The maximum absolute atomic E-state index is 12.8. The largest absolute Gasteiger partial charge is 0.392 e. The smallest absolute Gasteiger partial charge is 0.390 e. The van der Waals surface area contributed by atoms with Crippen molar-refractivity contribution in [1.82, 2.24) is 0 Å².